The molecule has 2 heterocycles. The van der Waals surface area contributed by atoms with Crippen LogP contribution in [0.15, 0.2) is 42.5 Å². The van der Waals surface area contributed by atoms with Crippen LogP contribution >= 0.6 is 11.6 Å². The molecule has 0 aromatic heterocycles. The molecular formula is C22H21B3ClF2N3O4. The average Bonchev–Trinajstić information content (AvgIpc) is 3.14. The van der Waals surface area contributed by atoms with Crippen molar-refractivity contribution in [2.75, 3.05) is 0 Å². The molecule has 0 bridgehead atoms. The topological polar surface area (TPSA) is 95.6 Å². The quantitative estimate of drug-likeness (QED) is 0.436. The average molecular weight is 497 g/mol. The minimum absolute atomic E-state index is 0.119. The molecule has 1 fully saturated rings. The van der Waals surface area contributed by atoms with Gasteiger partial charge >= 0.3 is 5.92 Å². The fraction of sp³-hybridized carbons (Fsp3) is 0.273. The highest BCUT2D eigenvalue weighted by atomic mass is 35.5. The number of amides is 4. The van der Waals surface area contributed by atoms with E-state index in [1.54, 1.807) is 41.7 Å². The SMILES string of the molecule is BC1C[C@](B)(N2Cc3cc(C(B)NC(=O)C(F)(F)c4ccc(Cl)cc4)ccc3C2=O)C(=O)NC1=O. The molecule has 2 aliphatic rings. The maximum absolute atomic E-state index is 14.7. The summed E-state index contributed by atoms with van der Waals surface area (Å²) < 4.78 is 29.3. The van der Waals surface area contributed by atoms with Crippen LogP contribution in [0.2, 0.25) is 10.8 Å². The Morgan fingerprint density at radius 1 is 1.20 bits per heavy atom. The maximum atomic E-state index is 14.7. The van der Waals surface area contributed by atoms with E-state index < -0.39 is 40.5 Å². The fourth-order valence-corrected chi connectivity index (χ4v) is 4.68. The standard InChI is InChI=1S/C22H21B3ClF2N3O4/c23-15-8-21(25,19(34)30-17(15)32)31-9-11-7-10(1-6-14(11)18(31)33)16(24)29-20(35)22(27,28)12-2-4-13(26)5-3-12/h1-7,15-16H,8-9,23-25H2,(H,29,35)(H,30,32,34)/t15?,16?,21-/m0/s1. The molecule has 7 nitrogen and oxygen atoms in total. The second-order valence-electron chi connectivity index (χ2n) is 9.28. The number of rotatable bonds is 5. The van der Waals surface area contributed by atoms with Gasteiger partial charge in [-0.2, -0.15) is 8.78 Å². The highest BCUT2D eigenvalue weighted by Gasteiger charge is 2.50. The van der Waals surface area contributed by atoms with E-state index in [-0.39, 0.29) is 29.8 Å². The Morgan fingerprint density at radius 3 is 2.51 bits per heavy atom. The maximum Gasteiger partial charge on any atom is 0.349 e. The van der Waals surface area contributed by atoms with Crippen molar-refractivity contribution < 1.29 is 28.0 Å². The van der Waals surface area contributed by atoms with Crippen molar-refractivity contribution in [2.45, 2.75) is 36.1 Å². The van der Waals surface area contributed by atoms with Gasteiger partial charge in [0.1, 0.15) is 23.5 Å². The zero-order chi connectivity index (χ0) is 25.7. The number of benzene rings is 2. The molecule has 13 heteroatoms. The van der Waals surface area contributed by atoms with E-state index >= 15 is 0 Å². The highest BCUT2D eigenvalue weighted by molar-refractivity contribution is 6.36. The van der Waals surface area contributed by atoms with Crippen LogP contribution in [-0.4, -0.2) is 57.5 Å². The number of alkyl halides is 2. The summed E-state index contributed by atoms with van der Waals surface area (Å²) in [6, 6.07) is 9.57. The van der Waals surface area contributed by atoms with Gasteiger partial charge in [-0.25, -0.2) is 0 Å². The molecule has 2 N–H and O–H groups in total. The minimum Gasteiger partial charge on any atom is -0.352 e. The van der Waals surface area contributed by atoms with Crippen LogP contribution in [0.3, 0.4) is 0 Å². The van der Waals surface area contributed by atoms with Gasteiger partial charge in [0.05, 0.1) is 5.44 Å². The van der Waals surface area contributed by atoms with Gasteiger partial charge in [0, 0.05) is 34.5 Å². The number of carbonyl (C=O) groups is 4. The van der Waals surface area contributed by atoms with Crippen molar-refractivity contribution in [2.24, 2.45) is 0 Å². The number of fused-ring (bicyclic) bond motifs is 1. The van der Waals surface area contributed by atoms with Crippen molar-refractivity contribution in [1.29, 1.82) is 0 Å². The van der Waals surface area contributed by atoms with Gasteiger partial charge in [0.2, 0.25) is 11.8 Å². The molecule has 3 atom stereocenters. The number of piperidine rings is 1. The third kappa shape index (κ3) is 4.35. The molecule has 0 radical (unpaired) electrons. The molecule has 0 saturated carbocycles. The number of hydrogen-bond acceptors (Lipinski definition) is 4. The lowest BCUT2D eigenvalue weighted by Crippen LogP contribution is -2.64. The van der Waals surface area contributed by atoms with Crippen LogP contribution in [-0.2, 0) is 26.9 Å². The number of hydrogen-bond donors (Lipinski definition) is 2. The molecule has 178 valence electrons. The van der Waals surface area contributed by atoms with E-state index in [2.05, 4.69) is 10.6 Å². The summed E-state index contributed by atoms with van der Waals surface area (Å²) in [5, 5.41) is 4.94. The molecule has 4 amide bonds. The van der Waals surface area contributed by atoms with Crippen LogP contribution < -0.4 is 10.6 Å². The smallest absolute Gasteiger partial charge is 0.349 e. The lowest BCUT2D eigenvalue weighted by atomic mass is 9.62. The number of halogens is 3. The molecule has 2 unspecified atom stereocenters. The van der Waals surface area contributed by atoms with Crippen molar-refractivity contribution in [1.82, 2.24) is 15.5 Å². The lowest BCUT2D eigenvalue weighted by molar-refractivity contribution is -0.147. The van der Waals surface area contributed by atoms with E-state index in [1.165, 1.54) is 17.0 Å². The predicted molar refractivity (Wildman–Crippen MR) is 132 cm³/mol. The largest absolute Gasteiger partial charge is 0.352 e. The first kappa shape index (κ1) is 25.0. The van der Waals surface area contributed by atoms with E-state index in [4.69, 9.17) is 11.6 Å². The second-order valence-corrected chi connectivity index (χ2v) is 9.72. The summed E-state index contributed by atoms with van der Waals surface area (Å²) in [7, 11) is 4.88. The minimum atomic E-state index is -3.76. The number of imide groups is 1. The highest BCUT2D eigenvalue weighted by Crippen LogP contribution is 2.36. The third-order valence-corrected chi connectivity index (χ3v) is 7.00. The Bertz CT molecular complexity index is 1250. The Labute approximate surface area is 208 Å². The molecule has 2 aromatic rings. The van der Waals surface area contributed by atoms with E-state index in [9.17, 15) is 28.0 Å². The summed E-state index contributed by atoms with van der Waals surface area (Å²) in [6.45, 7) is 0.119. The zero-order valence-corrected chi connectivity index (χ0v) is 20.1. The zero-order valence-electron chi connectivity index (χ0n) is 19.3. The molecule has 2 aliphatic heterocycles. The van der Waals surface area contributed by atoms with Gasteiger partial charge in [-0.05, 0) is 35.7 Å². The predicted octanol–water partition coefficient (Wildman–Crippen LogP) is -0.367. The van der Waals surface area contributed by atoms with Gasteiger partial charge in [0.15, 0.2) is 0 Å². The van der Waals surface area contributed by atoms with Crippen LogP contribution in [0, 0.1) is 0 Å². The fourth-order valence-electron chi connectivity index (χ4n) is 4.55. The number of nitrogens with one attached hydrogen (secondary N) is 2. The molecule has 2 aromatic carbocycles. The van der Waals surface area contributed by atoms with E-state index in [1.807, 2.05) is 0 Å². The second kappa shape index (κ2) is 8.82. The monoisotopic (exact) mass is 497 g/mol. The Morgan fingerprint density at radius 2 is 1.86 bits per heavy atom. The van der Waals surface area contributed by atoms with Crippen LogP contribution in [0.4, 0.5) is 8.78 Å². The van der Waals surface area contributed by atoms with E-state index in [0.29, 0.717) is 16.7 Å². The number of nitrogens with zero attached hydrogens (tertiary/aromatic N) is 1. The number of carbonyl (C=O) groups excluding carboxylic acids is 4. The summed E-state index contributed by atoms with van der Waals surface area (Å²) in [5.41, 5.74) is -0.160. The molecule has 35 heavy (non-hydrogen) atoms. The van der Waals surface area contributed by atoms with Gasteiger partial charge in [-0.15, -0.1) is 0 Å². The summed E-state index contributed by atoms with van der Waals surface area (Å²) in [6.07, 6.45) is 0.191. The normalized spacial score (nSPS) is 23.0. The third-order valence-electron chi connectivity index (χ3n) is 6.75. The first-order valence-corrected chi connectivity index (χ1v) is 11.5. The Hall–Kier alpha value is -3.14. The van der Waals surface area contributed by atoms with Crippen LogP contribution in [0.25, 0.3) is 0 Å². The summed E-state index contributed by atoms with van der Waals surface area (Å²) >= 11 is 5.74. The molecule has 1 saturated heterocycles. The Kier molecular flexibility index (Phi) is 6.29. The first-order chi connectivity index (χ1) is 16.3. The van der Waals surface area contributed by atoms with Crippen molar-refractivity contribution in [3.63, 3.8) is 0 Å². The van der Waals surface area contributed by atoms with Crippen LogP contribution in [0.1, 0.15) is 39.4 Å². The van der Waals surface area contributed by atoms with Crippen molar-refractivity contribution in [3.05, 3.63) is 69.7 Å². The van der Waals surface area contributed by atoms with Crippen LogP contribution in [0.5, 0.6) is 0 Å². The molecule has 4 rings (SSSR count). The molecule has 0 spiro atoms. The molecule has 0 aliphatic carbocycles. The summed E-state index contributed by atoms with van der Waals surface area (Å²) in [5.74, 6) is -7.71. The van der Waals surface area contributed by atoms with Gasteiger partial charge < -0.3 is 10.2 Å². The van der Waals surface area contributed by atoms with Gasteiger partial charge in [-0.3, -0.25) is 24.5 Å². The Balaban J connectivity index is 1.52. The summed E-state index contributed by atoms with van der Waals surface area (Å²) in [4.78, 5) is 51.4. The lowest BCUT2D eigenvalue weighted by Gasteiger charge is -2.42. The van der Waals surface area contributed by atoms with Crippen molar-refractivity contribution in [3.8, 4) is 0 Å². The first-order valence-electron chi connectivity index (χ1n) is 11.1. The molecular weight excluding hydrogens is 476 g/mol. The van der Waals surface area contributed by atoms with Crippen molar-refractivity contribution >= 4 is 58.8 Å². The van der Waals surface area contributed by atoms with Gasteiger partial charge in [0.25, 0.3) is 11.8 Å². The van der Waals surface area contributed by atoms with E-state index in [0.717, 1.165) is 12.1 Å². The van der Waals surface area contributed by atoms with Gasteiger partial charge in [-0.1, -0.05) is 35.9 Å².